The predicted octanol–water partition coefficient (Wildman–Crippen LogP) is 0.788. The highest BCUT2D eigenvalue weighted by atomic mass is 32.2. The number of aromatic amines is 1. The van der Waals surface area contributed by atoms with Crippen molar-refractivity contribution in [3.05, 3.63) is 24.4 Å². The fourth-order valence-electron chi connectivity index (χ4n) is 1.85. The lowest BCUT2D eigenvalue weighted by atomic mass is 10.2. The highest BCUT2D eigenvalue weighted by molar-refractivity contribution is 7.89. The Morgan fingerprint density at radius 2 is 1.90 bits per heavy atom. The molecule has 0 spiro atoms. The van der Waals surface area contributed by atoms with Crippen LogP contribution in [0.1, 0.15) is 0 Å². The monoisotopic (exact) mass is 289 g/mol. The van der Waals surface area contributed by atoms with E-state index < -0.39 is 10.0 Å². The zero-order valence-electron chi connectivity index (χ0n) is 10.4. The van der Waals surface area contributed by atoms with Crippen molar-refractivity contribution >= 4 is 26.6 Å². The lowest BCUT2D eigenvalue weighted by Gasteiger charge is -2.15. The summed E-state index contributed by atoms with van der Waals surface area (Å²) < 4.78 is 25.7. The summed E-state index contributed by atoms with van der Waals surface area (Å²) in [6.07, 6.45) is 1.33. The number of nitriles is 2. The molecule has 20 heavy (non-hydrogen) atoms. The van der Waals surface area contributed by atoms with Gasteiger partial charge in [0.1, 0.15) is 18.0 Å². The third-order valence-electron chi connectivity index (χ3n) is 2.78. The maximum absolute atomic E-state index is 12.5. The second-order valence-electron chi connectivity index (χ2n) is 4.05. The number of aromatic nitrogens is 1. The molecule has 2 rings (SSSR count). The van der Waals surface area contributed by atoms with Gasteiger partial charge in [-0.1, -0.05) is 0 Å². The minimum Gasteiger partial charge on any atom is -0.399 e. The van der Waals surface area contributed by atoms with Gasteiger partial charge in [0.25, 0.3) is 0 Å². The molecule has 0 fully saturated rings. The molecule has 0 radical (unpaired) electrons. The molecule has 1 aromatic carbocycles. The number of nitrogens with two attached hydrogens (primary N) is 1. The Labute approximate surface area is 115 Å². The first-order chi connectivity index (χ1) is 9.50. The number of rotatable bonds is 4. The SMILES string of the molecule is N#CCN(CC#N)S(=O)(=O)c1c[nH]c2ccc(N)cc12. The number of benzene rings is 1. The molecule has 0 amide bonds. The Morgan fingerprint density at radius 1 is 1.25 bits per heavy atom. The van der Waals surface area contributed by atoms with Gasteiger partial charge >= 0.3 is 0 Å². The number of nitrogens with one attached hydrogen (secondary N) is 1. The average molecular weight is 289 g/mol. The number of nitrogens with zero attached hydrogens (tertiary/aromatic N) is 3. The Bertz CT molecular complexity index is 810. The number of fused-ring (bicyclic) bond motifs is 1. The number of H-pyrrole nitrogens is 1. The summed E-state index contributed by atoms with van der Waals surface area (Å²) in [7, 11) is -3.92. The van der Waals surface area contributed by atoms with Gasteiger partial charge in [0.05, 0.1) is 12.1 Å². The largest absolute Gasteiger partial charge is 0.399 e. The van der Waals surface area contributed by atoms with Gasteiger partial charge < -0.3 is 10.7 Å². The standard InChI is InChI=1S/C12H11N5O2S/c13-3-5-17(6-4-14)20(18,19)12-8-16-11-2-1-9(15)7-10(11)12/h1-2,7-8,16H,5-6,15H2. The van der Waals surface area contributed by atoms with Crippen LogP contribution < -0.4 is 5.73 Å². The summed E-state index contributed by atoms with van der Waals surface area (Å²) in [6, 6.07) is 8.34. The van der Waals surface area contributed by atoms with Crippen molar-refractivity contribution in [3.8, 4) is 12.1 Å². The first kappa shape index (κ1) is 13.9. The lowest BCUT2D eigenvalue weighted by Crippen LogP contribution is -2.31. The molecule has 102 valence electrons. The number of hydrogen-bond acceptors (Lipinski definition) is 5. The molecule has 1 aromatic heterocycles. The molecule has 0 aliphatic heterocycles. The quantitative estimate of drug-likeness (QED) is 0.635. The van der Waals surface area contributed by atoms with Crippen molar-refractivity contribution in [2.24, 2.45) is 0 Å². The molecule has 0 atom stereocenters. The van der Waals surface area contributed by atoms with Gasteiger partial charge in [0, 0.05) is 22.8 Å². The maximum atomic E-state index is 12.5. The smallest absolute Gasteiger partial charge is 0.247 e. The lowest BCUT2D eigenvalue weighted by molar-refractivity contribution is 0.480. The molecule has 0 aliphatic rings. The molecular formula is C12H11N5O2S. The summed E-state index contributed by atoms with van der Waals surface area (Å²) in [4.78, 5) is 2.84. The second kappa shape index (κ2) is 5.21. The summed E-state index contributed by atoms with van der Waals surface area (Å²) in [5, 5.41) is 17.8. The highest BCUT2D eigenvalue weighted by Crippen LogP contribution is 2.27. The van der Waals surface area contributed by atoms with E-state index in [-0.39, 0.29) is 18.0 Å². The van der Waals surface area contributed by atoms with Gasteiger partial charge in [-0.05, 0) is 18.2 Å². The van der Waals surface area contributed by atoms with Crippen molar-refractivity contribution < 1.29 is 8.42 Å². The van der Waals surface area contributed by atoms with Crippen molar-refractivity contribution in [2.45, 2.75) is 4.90 Å². The number of hydrogen-bond donors (Lipinski definition) is 2. The molecule has 0 saturated carbocycles. The number of nitrogen functional groups attached to an aromatic ring is 1. The van der Waals surface area contributed by atoms with Crippen LogP contribution >= 0.6 is 0 Å². The number of sulfonamides is 1. The van der Waals surface area contributed by atoms with E-state index >= 15 is 0 Å². The molecule has 3 N–H and O–H groups in total. The summed E-state index contributed by atoms with van der Waals surface area (Å²) in [5.74, 6) is 0. The van der Waals surface area contributed by atoms with Crippen molar-refractivity contribution in [2.75, 3.05) is 18.8 Å². The predicted molar refractivity (Wildman–Crippen MR) is 72.7 cm³/mol. The minimum absolute atomic E-state index is 0.00491. The van der Waals surface area contributed by atoms with Crippen LogP contribution in [0.4, 0.5) is 5.69 Å². The first-order valence-electron chi connectivity index (χ1n) is 5.61. The third-order valence-corrected chi connectivity index (χ3v) is 4.61. The Morgan fingerprint density at radius 3 is 2.50 bits per heavy atom. The fraction of sp³-hybridized carbons (Fsp3) is 0.167. The molecule has 7 nitrogen and oxygen atoms in total. The molecule has 1 heterocycles. The van der Waals surface area contributed by atoms with Crippen LogP contribution in [0, 0.1) is 22.7 Å². The van der Waals surface area contributed by atoms with E-state index in [0.29, 0.717) is 16.6 Å². The normalized spacial score (nSPS) is 11.3. The van der Waals surface area contributed by atoms with Crippen LogP contribution in [-0.2, 0) is 10.0 Å². The Hall–Kier alpha value is -2.55. The highest BCUT2D eigenvalue weighted by Gasteiger charge is 2.27. The molecule has 0 aliphatic carbocycles. The van der Waals surface area contributed by atoms with Crippen LogP contribution in [0.3, 0.4) is 0 Å². The van der Waals surface area contributed by atoms with Crippen LogP contribution in [0.2, 0.25) is 0 Å². The van der Waals surface area contributed by atoms with E-state index in [9.17, 15) is 8.42 Å². The second-order valence-corrected chi connectivity index (χ2v) is 5.95. The van der Waals surface area contributed by atoms with Gasteiger partial charge in [-0.25, -0.2) is 8.42 Å². The third kappa shape index (κ3) is 2.30. The van der Waals surface area contributed by atoms with Crippen LogP contribution in [0.15, 0.2) is 29.3 Å². The van der Waals surface area contributed by atoms with Gasteiger partial charge in [0.15, 0.2) is 0 Å². The molecule has 2 aromatic rings. The van der Waals surface area contributed by atoms with Crippen LogP contribution in [0.5, 0.6) is 0 Å². The van der Waals surface area contributed by atoms with Crippen LogP contribution in [-0.4, -0.2) is 30.8 Å². The zero-order valence-corrected chi connectivity index (χ0v) is 11.2. The maximum Gasteiger partial charge on any atom is 0.247 e. The fourth-order valence-corrected chi connectivity index (χ4v) is 3.24. The van der Waals surface area contributed by atoms with Gasteiger partial charge in [-0.15, -0.1) is 0 Å². The molecule has 0 bridgehead atoms. The average Bonchev–Trinajstić information content (AvgIpc) is 2.82. The first-order valence-corrected chi connectivity index (χ1v) is 7.05. The Kier molecular flexibility index (Phi) is 3.61. The van der Waals surface area contributed by atoms with Gasteiger partial charge in [-0.3, -0.25) is 0 Å². The van der Waals surface area contributed by atoms with E-state index in [0.717, 1.165) is 4.31 Å². The van der Waals surface area contributed by atoms with E-state index in [4.69, 9.17) is 16.3 Å². The zero-order chi connectivity index (χ0) is 14.8. The van der Waals surface area contributed by atoms with E-state index in [1.165, 1.54) is 12.3 Å². The van der Waals surface area contributed by atoms with Crippen LogP contribution in [0.25, 0.3) is 10.9 Å². The summed E-state index contributed by atoms with van der Waals surface area (Å²) >= 11 is 0. The minimum atomic E-state index is -3.92. The molecule has 8 heteroatoms. The van der Waals surface area contributed by atoms with Crippen molar-refractivity contribution in [3.63, 3.8) is 0 Å². The van der Waals surface area contributed by atoms with Crippen molar-refractivity contribution in [1.82, 2.24) is 9.29 Å². The van der Waals surface area contributed by atoms with E-state index in [2.05, 4.69) is 4.98 Å². The molecule has 0 unspecified atom stereocenters. The molecular weight excluding hydrogens is 278 g/mol. The molecule has 0 saturated heterocycles. The Balaban J connectivity index is 2.60. The van der Waals surface area contributed by atoms with Crippen molar-refractivity contribution in [1.29, 1.82) is 10.5 Å². The van der Waals surface area contributed by atoms with Gasteiger partial charge in [0.2, 0.25) is 10.0 Å². The van der Waals surface area contributed by atoms with Gasteiger partial charge in [-0.2, -0.15) is 14.8 Å². The summed E-state index contributed by atoms with van der Waals surface area (Å²) in [5.41, 5.74) is 6.71. The van der Waals surface area contributed by atoms with E-state index in [1.54, 1.807) is 24.3 Å². The number of anilines is 1. The van der Waals surface area contributed by atoms with E-state index in [1.807, 2.05) is 0 Å². The topological polar surface area (TPSA) is 127 Å². The summed E-state index contributed by atoms with van der Waals surface area (Å²) in [6.45, 7) is -0.768.